The molecule has 0 aromatic rings. The molecule has 0 radical (unpaired) electrons. The van der Waals surface area contributed by atoms with Gasteiger partial charge in [0.25, 0.3) is 0 Å². The van der Waals surface area contributed by atoms with Crippen LogP contribution in [0.1, 0.15) is 13.8 Å². The molecule has 16 heteroatoms. The van der Waals surface area contributed by atoms with Gasteiger partial charge < -0.3 is 0 Å². The van der Waals surface area contributed by atoms with Crippen LogP contribution in [0.3, 0.4) is 0 Å². The lowest BCUT2D eigenvalue weighted by molar-refractivity contribution is -0.398. The number of rotatable bonds is 11. The second kappa shape index (κ2) is 12.9. The third-order valence-electron chi connectivity index (χ3n) is 5.72. The first-order valence-corrected chi connectivity index (χ1v) is 17.9. The topological polar surface area (TPSA) is 99.7 Å². The average Bonchev–Trinajstić information content (AvgIpc) is 2.67. The molecule has 0 aliphatic rings. The summed E-state index contributed by atoms with van der Waals surface area (Å²) in [5, 5.41) is 0. The molecule has 0 bridgehead atoms. The van der Waals surface area contributed by atoms with Crippen molar-refractivity contribution in [3.05, 3.63) is 0 Å². The highest BCUT2D eigenvalue weighted by molar-refractivity contribution is 7.79. The van der Waals surface area contributed by atoms with Gasteiger partial charge in [0.15, 0.2) is 15.0 Å². The fourth-order valence-electron chi connectivity index (χ4n) is 4.10. The summed E-state index contributed by atoms with van der Waals surface area (Å²) in [7, 11) is 20.7. The third-order valence-corrected chi connectivity index (χ3v) is 21.7. The minimum absolute atomic E-state index is 0.269. The number of nitrogens with two attached hydrogens (primary N) is 1. The largest absolute Gasteiger partial charge is 0.449 e. The molecule has 0 aromatic heterocycles. The number of nitrogens with one attached hydrogen (secondary N) is 1. The highest BCUT2D eigenvalue weighted by Gasteiger charge is 2.42. The lowest BCUT2D eigenvalue weighted by atomic mass is 10.6. The van der Waals surface area contributed by atoms with Crippen LogP contribution in [0, 0.1) is 0 Å². The monoisotopic (exact) mass is 563 g/mol. The van der Waals surface area contributed by atoms with E-state index in [4.69, 9.17) is 19.1 Å². The lowest BCUT2D eigenvalue weighted by Crippen LogP contribution is -2.59. The maximum atomic E-state index is 7.06. The molecule has 0 aliphatic heterocycles. The van der Waals surface area contributed by atoms with Gasteiger partial charge in [0, 0.05) is 5.66 Å². The van der Waals surface area contributed by atoms with Crippen LogP contribution in [-0.2, 0) is 0 Å². The van der Waals surface area contributed by atoms with Crippen molar-refractivity contribution in [2.24, 2.45) is 19.1 Å². The van der Waals surface area contributed by atoms with E-state index in [1.807, 2.05) is 44.6 Å². The van der Waals surface area contributed by atoms with E-state index in [2.05, 4.69) is 112 Å². The minimum atomic E-state index is -2.92. The summed E-state index contributed by atoms with van der Waals surface area (Å²) in [6, 6.07) is 0. The summed E-state index contributed by atoms with van der Waals surface area (Å²) in [6.45, 7) is 4.47. The number of hydrogen-bond acceptors (Lipinski definition) is 0. The van der Waals surface area contributed by atoms with Crippen LogP contribution in [0.4, 0.5) is 0 Å². The first-order valence-electron chi connectivity index (χ1n) is 11.3. The second-order valence-electron chi connectivity index (χ2n) is 9.85. The van der Waals surface area contributed by atoms with Crippen molar-refractivity contribution in [2.75, 3.05) is 106 Å². The Kier molecular flexibility index (Phi) is 13.1. The Labute approximate surface area is 211 Å². The zero-order valence-corrected chi connectivity index (χ0v) is 28.5. The quantitative estimate of drug-likeness (QED) is 0.371. The highest BCUT2D eigenvalue weighted by atomic mass is 31.3. The number of hydrogen-bond donors (Lipinski definition) is 2. The molecule has 0 amide bonds. The molecule has 1 unspecified atom stereocenters. The SMILES string of the molecule is C[NH+]=P(N=P(N)(N(C)C)N(C)C)(N=P(C(C)C)(N(C)C)N(C)C)N=P(N(C)C)(N(C)C)N(C)C. The molecular weight excluding hydrogens is 508 g/mol. The normalized spacial score (nSPS) is 15.9. The summed E-state index contributed by atoms with van der Waals surface area (Å²) in [5.41, 5.74) is 7.33. The van der Waals surface area contributed by atoms with Crippen LogP contribution in [-0.4, -0.2) is 144 Å². The Hall–Kier alpha value is 0.600. The van der Waals surface area contributed by atoms with E-state index in [0.717, 1.165) is 0 Å². The molecule has 0 aromatic carbocycles. The van der Waals surface area contributed by atoms with Crippen LogP contribution in [0.25, 0.3) is 0 Å². The van der Waals surface area contributed by atoms with Gasteiger partial charge in [0.2, 0.25) is 0 Å². The van der Waals surface area contributed by atoms with Crippen LogP contribution >= 0.6 is 29.9 Å². The second-order valence-corrected chi connectivity index (χ2v) is 23.7. The van der Waals surface area contributed by atoms with E-state index in [-0.39, 0.29) is 5.66 Å². The van der Waals surface area contributed by atoms with Crippen molar-refractivity contribution < 1.29 is 4.74 Å². The van der Waals surface area contributed by atoms with Gasteiger partial charge in [-0.1, -0.05) is 13.8 Å². The fraction of sp³-hybridized carbons (Fsp3) is 1.00. The first-order chi connectivity index (χ1) is 15.2. The zero-order chi connectivity index (χ0) is 27.4. The van der Waals surface area contributed by atoms with E-state index in [9.17, 15) is 0 Å². The lowest BCUT2D eigenvalue weighted by Gasteiger charge is -2.43. The van der Waals surface area contributed by atoms with Crippen LogP contribution in [0.2, 0.25) is 0 Å². The van der Waals surface area contributed by atoms with Gasteiger partial charge in [-0.3, -0.25) is 38.2 Å². The van der Waals surface area contributed by atoms with Gasteiger partial charge in [-0.2, -0.15) is 4.52 Å². The van der Waals surface area contributed by atoms with Crippen molar-refractivity contribution in [3.8, 4) is 0 Å². The summed E-state index contributed by atoms with van der Waals surface area (Å²) >= 11 is 0. The molecule has 0 aliphatic carbocycles. The van der Waals surface area contributed by atoms with Gasteiger partial charge in [-0.15, -0.1) is 9.03 Å². The van der Waals surface area contributed by atoms with Crippen molar-refractivity contribution in [1.29, 1.82) is 0 Å². The highest BCUT2D eigenvalue weighted by Crippen LogP contribution is 2.74. The van der Waals surface area contributed by atoms with E-state index in [0.29, 0.717) is 0 Å². The average molecular weight is 564 g/mol. The van der Waals surface area contributed by atoms with Crippen LogP contribution < -0.4 is 10.2 Å². The molecule has 0 spiro atoms. The Morgan fingerprint density at radius 2 is 0.912 bits per heavy atom. The molecule has 3 N–H and O–H groups in total. The van der Waals surface area contributed by atoms with E-state index < -0.39 is 29.9 Å². The van der Waals surface area contributed by atoms with Gasteiger partial charge in [-0.05, 0) is 98.7 Å². The molecule has 0 saturated heterocycles. The molecule has 0 fully saturated rings. The molecule has 0 rings (SSSR count). The number of nitrogens with zero attached hydrogens (tertiary/aromatic N) is 10. The molecular formula is C18H55N12P4+. The molecule has 1 atom stereocenters. The van der Waals surface area contributed by atoms with Crippen LogP contribution in [0.15, 0.2) is 13.5 Å². The standard InChI is InChI=1S/C18H54N12P4/c1-18(2)31(24(4)5,25(6)7)21-33(20-3,22-32(19,26(8)9)27(10)11)23-34(28(12)13,29(14)15)30(16)17/h18H,19H2,1-17H3/p+1. The van der Waals surface area contributed by atoms with Crippen molar-refractivity contribution in [1.82, 2.24) is 32.7 Å². The van der Waals surface area contributed by atoms with Gasteiger partial charge >= 0.3 is 7.51 Å². The van der Waals surface area contributed by atoms with E-state index in [1.165, 1.54) is 0 Å². The molecule has 206 valence electrons. The molecule has 0 saturated carbocycles. The van der Waals surface area contributed by atoms with E-state index in [1.54, 1.807) is 0 Å². The minimum Gasteiger partial charge on any atom is -0.273 e. The maximum Gasteiger partial charge on any atom is 0.449 e. The van der Waals surface area contributed by atoms with Crippen molar-refractivity contribution >= 4 is 29.9 Å². The maximum absolute atomic E-state index is 7.06. The predicted octanol–water partition coefficient (Wildman–Crippen LogP) is 2.86. The van der Waals surface area contributed by atoms with Gasteiger partial charge in [0.05, 0.1) is 0 Å². The Balaban J connectivity index is 8.53. The summed E-state index contributed by atoms with van der Waals surface area (Å²) < 4.78 is 35.5. The summed E-state index contributed by atoms with van der Waals surface area (Å²) in [4.78, 5) is 0. The van der Waals surface area contributed by atoms with Crippen molar-refractivity contribution in [2.45, 2.75) is 19.5 Å². The fourth-order valence-corrected chi connectivity index (χ4v) is 21.6. The third kappa shape index (κ3) is 6.72. The Morgan fingerprint density at radius 3 is 1.12 bits per heavy atom. The molecule has 34 heavy (non-hydrogen) atoms. The van der Waals surface area contributed by atoms with Gasteiger partial charge in [-0.25, -0.2) is 4.74 Å². The summed E-state index contributed by atoms with van der Waals surface area (Å²) in [5.74, 6) is 0. The smallest absolute Gasteiger partial charge is 0.273 e. The Morgan fingerprint density at radius 1 is 0.559 bits per heavy atom. The van der Waals surface area contributed by atoms with E-state index >= 15 is 0 Å². The van der Waals surface area contributed by atoms with Crippen LogP contribution in [0.5, 0.6) is 0 Å². The predicted molar refractivity (Wildman–Crippen MR) is 157 cm³/mol. The zero-order valence-electron chi connectivity index (χ0n) is 24.9. The van der Waals surface area contributed by atoms with Crippen molar-refractivity contribution in [3.63, 3.8) is 0 Å². The van der Waals surface area contributed by atoms with Gasteiger partial charge in [0.1, 0.15) is 14.4 Å². The summed E-state index contributed by atoms with van der Waals surface area (Å²) in [6.07, 6.45) is 0. The first kappa shape index (κ1) is 34.6. The Bertz CT molecular complexity index is 770. The molecule has 12 nitrogen and oxygen atoms in total. The molecule has 0 heterocycles.